The molecule has 7 heteroatoms. The number of benzene rings is 1. The molecule has 0 aliphatic rings. The highest BCUT2D eigenvalue weighted by Crippen LogP contribution is 2.22. The Hall–Kier alpha value is -2.86. The number of anilines is 2. The molecule has 128 valence electrons. The van der Waals surface area contributed by atoms with Crippen LogP contribution in [0.5, 0.6) is 0 Å². The van der Waals surface area contributed by atoms with Crippen LogP contribution in [0.25, 0.3) is 11.4 Å². The third-order valence-electron chi connectivity index (χ3n) is 3.66. The van der Waals surface area contributed by atoms with Crippen LogP contribution >= 0.6 is 11.6 Å². The number of aryl methyl sites for hydroxylation is 1. The van der Waals surface area contributed by atoms with E-state index in [9.17, 15) is 4.79 Å². The molecule has 25 heavy (non-hydrogen) atoms. The summed E-state index contributed by atoms with van der Waals surface area (Å²) in [7, 11) is 3.82. The first-order chi connectivity index (χ1) is 11.9. The molecule has 2 aromatic heterocycles. The van der Waals surface area contributed by atoms with Gasteiger partial charge in [0, 0.05) is 30.4 Å². The Labute approximate surface area is 150 Å². The van der Waals surface area contributed by atoms with E-state index in [-0.39, 0.29) is 5.91 Å². The fourth-order valence-corrected chi connectivity index (χ4v) is 2.56. The topological polar surface area (TPSA) is 73.9 Å². The van der Waals surface area contributed by atoms with Crippen molar-refractivity contribution in [3.8, 4) is 11.4 Å². The van der Waals surface area contributed by atoms with Gasteiger partial charge in [0.05, 0.1) is 11.9 Å². The SMILES string of the molecule is Cc1[nH]c(-c2cccc(Cl)c2)nc1C(=O)Nc1ccc(N(C)C)nc1. The first-order valence-electron chi connectivity index (χ1n) is 7.71. The maximum Gasteiger partial charge on any atom is 0.276 e. The van der Waals surface area contributed by atoms with E-state index in [2.05, 4.69) is 20.3 Å². The highest BCUT2D eigenvalue weighted by Gasteiger charge is 2.16. The van der Waals surface area contributed by atoms with Crippen molar-refractivity contribution in [1.29, 1.82) is 0 Å². The molecule has 3 rings (SSSR count). The number of H-pyrrole nitrogens is 1. The van der Waals surface area contributed by atoms with Gasteiger partial charge in [-0.05, 0) is 31.2 Å². The van der Waals surface area contributed by atoms with E-state index in [0.29, 0.717) is 27.9 Å². The lowest BCUT2D eigenvalue weighted by Gasteiger charge is -2.11. The minimum absolute atomic E-state index is 0.290. The molecule has 6 nitrogen and oxygen atoms in total. The summed E-state index contributed by atoms with van der Waals surface area (Å²) in [5.41, 5.74) is 2.46. The number of rotatable bonds is 4. The van der Waals surface area contributed by atoms with Crippen molar-refractivity contribution in [2.75, 3.05) is 24.3 Å². The summed E-state index contributed by atoms with van der Waals surface area (Å²) < 4.78 is 0. The van der Waals surface area contributed by atoms with Crippen molar-refractivity contribution in [3.05, 3.63) is 59.0 Å². The Morgan fingerprint density at radius 3 is 2.68 bits per heavy atom. The number of hydrogen-bond acceptors (Lipinski definition) is 4. The van der Waals surface area contributed by atoms with Crippen LogP contribution in [0.2, 0.25) is 5.02 Å². The normalized spacial score (nSPS) is 10.6. The monoisotopic (exact) mass is 355 g/mol. The second kappa shape index (κ2) is 6.94. The molecule has 0 aliphatic heterocycles. The molecule has 0 spiro atoms. The molecule has 0 radical (unpaired) electrons. The minimum Gasteiger partial charge on any atom is -0.363 e. The standard InChI is InChI=1S/C18H18ClN5O/c1-11-16(23-17(21-11)12-5-4-6-13(19)9-12)18(25)22-14-7-8-15(20-10-14)24(2)3/h4-10H,1-3H3,(H,21,23)(H,22,25). The molecule has 0 fully saturated rings. The second-order valence-electron chi connectivity index (χ2n) is 5.82. The van der Waals surface area contributed by atoms with E-state index in [0.717, 1.165) is 11.4 Å². The van der Waals surface area contributed by atoms with Gasteiger partial charge in [-0.15, -0.1) is 0 Å². The van der Waals surface area contributed by atoms with E-state index in [1.54, 1.807) is 24.4 Å². The average molecular weight is 356 g/mol. The number of imidazole rings is 1. The van der Waals surface area contributed by atoms with Crippen LogP contribution in [-0.2, 0) is 0 Å². The summed E-state index contributed by atoms with van der Waals surface area (Å²) >= 11 is 6.01. The summed E-state index contributed by atoms with van der Waals surface area (Å²) in [4.78, 5) is 26.2. The summed E-state index contributed by atoms with van der Waals surface area (Å²) in [5, 5.41) is 3.43. The fourth-order valence-electron chi connectivity index (χ4n) is 2.37. The molecule has 0 aliphatic carbocycles. The van der Waals surface area contributed by atoms with Gasteiger partial charge >= 0.3 is 0 Å². The first-order valence-corrected chi connectivity index (χ1v) is 8.09. The predicted octanol–water partition coefficient (Wildman–Crippen LogP) is 3.75. The Bertz CT molecular complexity index is 902. The third kappa shape index (κ3) is 3.80. The molecule has 0 saturated carbocycles. The molecule has 1 aromatic carbocycles. The number of carbonyl (C=O) groups excluding carboxylic acids is 1. The van der Waals surface area contributed by atoms with Crippen LogP contribution in [0.1, 0.15) is 16.2 Å². The Morgan fingerprint density at radius 2 is 2.04 bits per heavy atom. The molecule has 1 amide bonds. The van der Waals surface area contributed by atoms with Crippen molar-refractivity contribution < 1.29 is 4.79 Å². The van der Waals surface area contributed by atoms with Crippen molar-refractivity contribution in [3.63, 3.8) is 0 Å². The van der Waals surface area contributed by atoms with Crippen molar-refractivity contribution in [2.24, 2.45) is 0 Å². The minimum atomic E-state index is -0.290. The number of carbonyl (C=O) groups is 1. The number of amides is 1. The molecular formula is C18H18ClN5O. The van der Waals surface area contributed by atoms with Crippen molar-refractivity contribution in [2.45, 2.75) is 6.92 Å². The van der Waals surface area contributed by atoms with Crippen LogP contribution in [-0.4, -0.2) is 35.0 Å². The van der Waals surface area contributed by atoms with E-state index in [4.69, 9.17) is 11.6 Å². The van der Waals surface area contributed by atoms with Crippen molar-refractivity contribution in [1.82, 2.24) is 15.0 Å². The van der Waals surface area contributed by atoms with Gasteiger partial charge in [-0.1, -0.05) is 23.7 Å². The summed E-state index contributed by atoms with van der Waals surface area (Å²) in [6, 6.07) is 11.0. The second-order valence-corrected chi connectivity index (χ2v) is 6.26. The zero-order valence-electron chi connectivity index (χ0n) is 14.2. The van der Waals surface area contributed by atoms with Gasteiger partial charge in [-0.2, -0.15) is 0 Å². The number of nitrogens with zero attached hydrogens (tertiary/aromatic N) is 3. The van der Waals surface area contributed by atoms with Crippen molar-refractivity contribution >= 4 is 29.0 Å². The fraction of sp³-hybridized carbons (Fsp3) is 0.167. The summed E-state index contributed by atoms with van der Waals surface area (Å²) in [5.74, 6) is 1.13. The number of aromatic nitrogens is 3. The van der Waals surface area contributed by atoms with E-state index < -0.39 is 0 Å². The Balaban J connectivity index is 1.80. The van der Waals surface area contributed by atoms with Crippen LogP contribution in [0.3, 0.4) is 0 Å². The quantitative estimate of drug-likeness (QED) is 0.747. The molecular weight excluding hydrogens is 338 g/mol. The lowest BCUT2D eigenvalue weighted by atomic mass is 10.2. The van der Waals surface area contributed by atoms with Gasteiger partial charge < -0.3 is 15.2 Å². The average Bonchev–Trinajstić information content (AvgIpc) is 2.97. The van der Waals surface area contributed by atoms with Gasteiger partial charge in [-0.3, -0.25) is 4.79 Å². The van der Waals surface area contributed by atoms with Crippen LogP contribution in [0.4, 0.5) is 11.5 Å². The van der Waals surface area contributed by atoms with E-state index in [1.165, 1.54) is 0 Å². The molecule has 3 aromatic rings. The lowest BCUT2D eigenvalue weighted by molar-refractivity contribution is 0.102. The maximum absolute atomic E-state index is 12.5. The number of hydrogen-bond donors (Lipinski definition) is 2. The van der Waals surface area contributed by atoms with Gasteiger partial charge in [0.2, 0.25) is 0 Å². The summed E-state index contributed by atoms with van der Waals surface area (Å²) in [6.45, 7) is 1.81. The molecule has 0 saturated heterocycles. The van der Waals surface area contributed by atoms with Crippen LogP contribution in [0.15, 0.2) is 42.6 Å². The van der Waals surface area contributed by atoms with Crippen LogP contribution in [0, 0.1) is 6.92 Å². The Kier molecular flexibility index (Phi) is 4.72. The first kappa shape index (κ1) is 17.0. The van der Waals surface area contributed by atoms with Gasteiger partial charge in [0.25, 0.3) is 5.91 Å². The number of pyridine rings is 1. The van der Waals surface area contributed by atoms with E-state index in [1.807, 2.05) is 44.1 Å². The predicted molar refractivity (Wildman–Crippen MR) is 100 cm³/mol. The maximum atomic E-state index is 12.5. The van der Waals surface area contributed by atoms with E-state index >= 15 is 0 Å². The van der Waals surface area contributed by atoms with Gasteiger partial charge in [0.1, 0.15) is 17.3 Å². The molecule has 0 atom stereocenters. The van der Waals surface area contributed by atoms with Crippen LogP contribution < -0.4 is 10.2 Å². The molecule has 0 bridgehead atoms. The lowest BCUT2D eigenvalue weighted by Crippen LogP contribution is -2.15. The number of aromatic amines is 1. The van der Waals surface area contributed by atoms with Gasteiger partial charge in [-0.25, -0.2) is 9.97 Å². The highest BCUT2D eigenvalue weighted by atomic mass is 35.5. The smallest absolute Gasteiger partial charge is 0.276 e. The largest absolute Gasteiger partial charge is 0.363 e. The summed E-state index contributed by atoms with van der Waals surface area (Å²) in [6.07, 6.45) is 1.62. The molecule has 2 N–H and O–H groups in total. The number of halogens is 1. The van der Waals surface area contributed by atoms with Gasteiger partial charge in [0.15, 0.2) is 0 Å². The Morgan fingerprint density at radius 1 is 1.24 bits per heavy atom. The number of nitrogens with one attached hydrogen (secondary N) is 2. The third-order valence-corrected chi connectivity index (χ3v) is 3.90. The zero-order chi connectivity index (χ0) is 18.0. The highest BCUT2D eigenvalue weighted by molar-refractivity contribution is 6.30. The zero-order valence-corrected chi connectivity index (χ0v) is 14.9. The molecule has 2 heterocycles. The molecule has 0 unspecified atom stereocenters.